The minimum atomic E-state index is 0.628. The molecule has 0 saturated heterocycles. The maximum absolute atomic E-state index is 5.16. The summed E-state index contributed by atoms with van der Waals surface area (Å²) in [6.07, 6.45) is 4.49. The van der Waals surface area contributed by atoms with Crippen molar-refractivity contribution < 1.29 is 0 Å². The third-order valence-electron chi connectivity index (χ3n) is 10.2. The first-order valence-corrected chi connectivity index (χ1v) is 19.3. The van der Waals surface area contributed by atoms with Crippen molar-refractivity contribution in [2.45, 2.75) is 9.79 Å². The zero-order valence-electron chi connectivity index (χ0n) is 29.8. The van der Waals surface area contributed by atoms with Gasteiger partial charge < -0.3 is 0 Å². The summed E-state index contributed by atoms with van der Waals surface area (Å²) < 4.78 is 0. The van der Waals surface area contributed by atoms with E-state index in [0.29, 0.717) is 17.5 Å². The van der Waals surface area contributed by atoms with Crippen LogP contribution in [-0.4, -0.2) is 15.0 Å². The van der Waals surface area contributed by atoms with Crippen molar-refractivity contribution >= 4 is 34.7 Å². The van der Waals surface area contributed by atoms with E-state index in [2.05, 4.69) is 176 Å². The summed E-state index contributed by atoms with van der Waals surface area (Å²) in [5.41, 5.74) is 12.1. The van der Waals surface area contributed by atoms with Crippen LogP contribution in [-0.2, 0) is 0 Å². The maximum Gasteiger partial charge on any atom is 0.164 e. The van der Waals surface area contributed by atoms with Gasteiger partial charge >= 0.3 is 0 Å². The van der Waals surface area contributed by atoms with Gasteiger partial charge in [-0.05, 0) is 67.4 Å². The fourth-order valence-corrected chi connectivity index (χ4v) is 8.63. The molecule has 1 aliphatic heterocycles. The van der Waals surface area contributed by atoms with E-state index in [0.717, 1.165) is 33.4 Å². The Hall–Kier alpha value is -6.88. The molecule has 0 unspecified atom stereocenters. The first-order valence-electron chi connectivity index (χ1n) is 18.4. The van der Waals surface area contributed by atoms with Gasteiger partial charge in [-0.1, -0.05) is 200 Å². The van der Waals surface area contributed by atoms with Crippen LogP contribution < -0.4 is 0 Å². The van der Waals surface area contributed by atoms with E-state index >= 15 is 0 Å². The number of hydrogen-bond donors (Lipinski definition) is 0. The summed E-state index contributed by atoms with van der Waals surface area (Å²) >= 11 is 1.84. The van der Waals surface area contributed by atoms with Gasteiger partial charge in [0.25, 0.3) is 0 Å². The Morgan fingerprint density at radius 1 is 0.327 bits per heavy atom. The molecule has 2 heterocycles. The molecular weight excluding hydrogens is 687 g/mol. The number of aromatic nitrogens is 3. The fraction of sp³-hybridized carbons (Fsp3) is 0. The van der Waals surface area contributed by atoms with E-state index in [1.165, 1.54) is 48.4 Å². The molecule has 3 nitrogen and oxygen atoms in total. The Kier molecular flexibility index (Phi) is 8.43. The van der Waals surface area contributed by atoms with Gasteiger partial charge in [-0.15, -0.1) is 0 Å². The second-order valence-electron chi connectivity index (χ2n) is 13.6. The molecular formula is C51H33N3S. The summed E-state index contributed by atoms with van der Waals surface area (Å²) in [5.74, 6) is 1.90. The van der Waals surface area contributed by atoms with Gasteiger partial charge in [0.1, 0.15) is 0 Å². The van der Waals surface area contributed by atoms with Crippen LogP contribution in [0.2, 0.25) is 0 Å². The SMILES string of the molecule is C1=Cc2ccc(-c3nc(-c4ccccc4)nc(-c4ccc(-c5ccccc5)cc4)n3)cc2-c2ccc3ccccc3c2Sc2ccccc2-c2ccccc21. The van der Waals surface area contributed by atoms with E-state index in [9.17, 15) is 0 Å². The highest BCUT2D eigenvalue weighted by molar-refractivity contribution is 7.99. The lowest BCUT2D eigenvalue weighted by atomic mass is 9.93. The van der Waals surface area contributed by atoms with Gasteiger partial charge in [0.2, 0.25) is 0 Å². The molecule has 0 radical (unpaired) electrons. The van der Waals surface area contributed by atoms with Crippen LogP contribution in [0.5, 0.6) is 0 Å². The Balaban J connectivity index is 1.18. The van der Waals surface area contributed by atoms with E-state index in [-0.39, 0.29) is 0 Å². The molecule has 8 aromatic carbocycles. The van der Waals surface area contributed by atoms with E-state index in [1.54, 1.807) is 0 Å². The molecule has 1 aromatic heterocycles. The molecule has 0 aliphatic carbocycles. The van der Waals surface area contributed by atoms with Crippen LogP contribution in [0.4, 0.5) is 0 Å². The smallest absolute Gasteiger partial charge is 0.164 e. The predicted octanol–water partition coefficient (Wildman–Crippen LogP) is 13.7. The fourth-order valence-electron chi connectivity index (χ4n) is 7.39. The Bertz CT molecular complexity index is 2880. The molecule has 9 aromatic rings. The van der Waals surface area contributed by atoms with Crippen LogP contribution in [0.15, 0.2) is 198 Å². The minimum absolute atomic E-state index is 0.628. The van der Waals surface area contributed by atoms with Crippen LogP contribution in [0, 0.1) is 0 Å². The molecule has 0 bridgehead atoms. The van der Waals surface area contributed by atoms with E-state index in [4.69, 9.17) is 15.0 Å². The van der Waals surface area contributed by atoms with Gasteiger partial charge in [-0.2, -0.15) is 0 Å². The third-order valence-corrected chi connectivity index (χ3v) is 11.4. The molecule has 4 heteroatoms. The number of fused-ring (bicyclic) bond motifs is 8. The maximum atomic E-state index is 5.16. The molecule has 1 aliphatic rings. The molecule has 0 atom stereocenters. The monoisotopic (exact) mass is 719 g/mol. The second-order valence-corrected chi connectivity index (χ2v) is 14.7. The van der Waals surface area contributed by atoms with Crippen molar-refractivity contribution in [1.29, 1.82) is 0 Å². The zero-order valence-corrected chi connectivity index (χ0v) is 30.6. The predicted molar refractivity (Wildman–Crippen MR) is 229 cm³/mol. The molecule has 0 fully saturated rings. The highest BCUT2D eigenvalue weighted by Crippen LogP contribution is 2.47. The van der Waals surface area contributed by atoms with Crippen molar-refractivity contribution in [1.82, 2.24) is 15.0 Å². The lowest BCUT2D eigenvalue weighted by Crippen LogP contribution is -2.00. The van der Waals surface area contributed by atoms with Crippen molar-refractivity contribution in [2.75, 3.05) is 0 Å². The highest BCUT2D eigenvalue weighted by Gasteiger charge is 2.20. The van der Waals surface area contributed by atoms with Gasteiger partial charge in [0, 0.05) is 26.5 Å². The molecule has 0 spiro atoms. The first kappa shape index (κ1) is 32.7. The summed E-state index contributed by atoms with van der Waals surface area (Å²) in [6, 6.07) is 66.3. The normalized spacial score (nSPS) is 11.9. The van der Waals surface area contributed by atoms with Crippen molar-refractivity contribution in [3.8, 4) is 67.5 Å². The Labute approximate surface area is 324 Å². The van der Waals surface area contributed by atoms with Crippen LogP contribution >= 0.6 is 11.8 Å². The third kappa shape index (κ3) is 6.33. The van der Waals surface area contributed by atoms with Crippen LogP contribution in [0.25, 0.3) is 90.5 Å². The summed E-state index contributed by atoms with van der Waals surface area (Å²) in [5, 5.41) is 2.43. The summed E-state index contributed by atoms with van der Waals surface area (Å²) in [7, 11) is 0. The average molecular weight is 720 g/mol. The van der Waals surface area contributed by atoms with Gasteiger partial charge in [0.05, 0.1) is 0 Å². The lowest BCUT2D eigenvalue weighted by molar-refractivity contribution is 1.07. The zero-order chi connectivity index (χ0) is 36.6. The Morgan fingerprint density at radius 2 is 0.855 bits per heavy atom. The minimum Gasteiger partial charge on any atom is -0.208 e. The summed E-state index contributed by atoms with van der Waals surface area (Å²) in [4.78, 5) is 17.7. The molecule has 0 N–H and O–H groups in total. The van der Waals surface area contributed by atoms with Crippen LogP contribution in [0.1, 0.15) is 11.1 Å². The topological polar surface area (TPSA) is 38.7 Å². The number of nitrogens with zero attached hydrogens (tertiary/aromatic N) is 3. The molecule has 0 saturated carbocycles. The largest absolute Gasteiger partial charge is 0.208 e. The van der Waals surface area contributed by atoms with Crippen LogP contribution in [0.3, 0.4) is 0 Å². The van der Waals surface area contributed by atoms with Crippen molar-refractivity contribution in [2.24, 2.45) is 0 Å². The lowest BCUT2D eigenvalue weighted by Gasteiger charge is -2.17. The van der Waals surface area contributed by atoms with Gasteiger partial charge in [-0.25, -0.2) is 15.0 Å². The first-order chi connectivity index (χ1) is 27.2. The van der Waals surface area contributed by atoms with Gasteiger partial charge in [0.15, 0.2) is 17.5 Å². The van der Waals surface area contributed by atoms with E-state index < -0.39 is 0 Å². The molecule has 10 rings (SSSR count). The molecule has 0 amide bonds. The van der Waals surface area contributed by atoms with Crippen molar-refractivity contribution in [3.63, 3.8) is 0 Å². The number of hydrogen-bond acceptors (Lipinski definition) is 4. The standard InChI is InChI=1S/C51H33N3S/c1-3-13-34(14-4-1)35-23-28-40(29-24-35)50-52-49(39-17-5-2-6-18-39)53-51(54-50)41-30-27-38-26-25-36-15-7-9-19-42(36)44-21-11-12-22-47(44)55-48-43-20-10-8-16-37(43)31-32-45(48)46(38)33-41/h1-33H. The average Bonchev–Trinajstić information content (AvgIpc) is 3.28. The second kappa shape index (κ2) is 14.2. The molecule has 55 heavy (non-hydrogen) atoms. The highest BCUT2D eigenvalue weighted by atomic mass is 32.2. The quantitative estimate of drug-likeness (QED) is 0.182. The Morgan fingerprint density at radius 3 is 1.62 bits per heavy atom. The van der Waals surface area contributed by atoms with Crippen molar-refractivity contribution in [3.05, 3.63) is 199 Å². The summed E-state index contributed by atoms with van der Waals surface area (Å²) in [6.45, 7) is 0. The molecule has 258 valence electrons. The number of benzene rings is 8. The number of rotatable bonds is 4. The van der Waals surface area contributed by atoms with E-state index in [1.807, 2.05) is 36.0 Å². The van der Waals surface area contributed by atoms with Gasteiger partial charge in [-0.3, -0.25) is 0 Å².